The van der Waals surface area contributed by atoms with Gasteiger partial charge in [-0.15, -0.1) is 0 Å². The summed E-state index contributed by atoms with van der Waals surface area (Å²) in [6, 6.07) is 5.45. The van der Waals surface area contributed by atoms with Gasteiger partial charge in [0, 0.05) is 12.7 Å². The first kappa shape index (κ1) is 14.1. The number of likely N-dealkylation sites (N-methyl/N-ethyl adjacent to an activating group) is 1. The molecule has 0 aliphatic rings. The third-order valence-electron chi connectivity index (χ3n) is 3.01. The van der Waals surface area contributed by atoms with Crippen LogP contribution in [0.5, 0.6) is 0 Å². The zero-order valence-electron chi connectivity index (χ0n) is 10.8. The Morgan fingerprint density at radius 2 is 2.28 bits per heavy atom. The Kier molecular flexibility index (Phi) is 4.40. The maximum absolute atomic E-state index is 11.2. The Labute approximate surface area is 107 Å². The maximum Gasteiger partial charge on any atom is 0.323 e. The van der Waals surface area contributed by atoms with Crippen molar-refractivity contribution in [3.05, 3.63) is 29.6 Å². The summed E-state index contributed by atoms with van der Waals surface area (Å²) in [6.07, 6.45) is 1.56. The highest BCUT2D eigenvalue weighted by Crippen LogP contribution is 2.18. The van der Waals surface area contributed by atoms with Crippen LogP contribution in [0.2, 0.25) is 0 Å². The summed E-state index contributed by atoms with van der Waals surface area (Å²) in [5.41, 5.74) is 0.291. The van der Waals surface area contributed by atoms with E-state index in [9.17, 15) is 9.90 Å². The molecule has 1 heterocycles. The molecule has 0 unspecified atom stereocenters. The molecule has 96 valence electrons. The van der Waals surface area contributed by atoms with Gasteiger partial charge < -0.3 is 5.11 Å². The lowest BCUT2D eigenvalue weighted by molar-refractivity contribution is -0.149. The van der Waals surface area contributed by atoms with E-state index in [0.717, 1.165) is 5.56 Å². The van der Waals surface area contributed by atoms with Crippen molar-refractivity contribution in [3.63, 3.8) is 0 Å². The van der Waals surface area contributed by atoms with Crippen LogP contribution in [-0.2, 0) is 11.3 Å². The molecule has 1 aromatic rings. The van der Waals surface area contributed by atoms with Crippen LogP contribution in [0.4, 0.5) is 0 Å². The van der Waals surface area contributed by atoms with Gasteiger partial charge in [-0.25, -0.2) is 4.98 Å². The Morgan fingerprint density at radius 3 is 2.78 bits per heavy atom. The third kappa shape index (κ3) is 3.05. The number of nitriles is 1. The predicted molar refractivity (Wildman–Crippen MR) is 66.8 cm³/mol. The van der Waals surface area contributed by atoms with Crippen molar-refractivity contribution >= 4 is 5.97 Å². The zero-order valence-corrected chi connectivity index (χ0v) is 10.8. The molecule has 0 fully saturated rings. The molecule has 0 saturated carbocycles. The van der Waals surface area contributed by atoms with Gasteiger partial charge in [0.2, 0.25) is 0 Å². The van der Waals surface area contributed by atoms with Crippen LogP contribution in [0.15, 0.2) is 18.3 Å². The van der Waals surface area contributed by atoms with Crippen molar-refractivity contribution in [1.29, 1.82) is 5.26 Å². The van der Waals surface area contributed by atoms with Crippen molar-refractivity contribution in [2.45, 2.75) is 32.9 Å². The van der Waals surface area contributed by atoms with E-state index in [1.807, 2.05) is 17.9 Å². The number of aromatic nitrogens is 1. The molecule has 1 aromatic heterocycles. The molecular weight excluding hydrogens is 230 g/mol. The molecule has 0 aliphatic heterocycles. The SMILES string of the molecule is CCN(Cc1ccnc(C#N)c1)C(C)(C)C(=O)O. The van der Waals surface area contributed by atoms with E-state index in [2.05, 4.69) is 4.98 Å². The minimum Gasteiger partial charge on any atom is -0.480 e. The van der Waals surface area contributed by atoms with E-state index in [1.165, 1.54) is 0 Å². The van der Waals surface area contributed by atoms with Crippen LogP contribution in [0.3, 0.4) is 0 Å². The predicted octanol–water partition coefficient (Wildman–Crippen LogP) is 1.64. The summed E-state index contributed by atoms with van der Waals surface area (Å²) in [7, 11) is 0. The second-order valence-corrected chi connectivity index (χ2v) is 4.54. The first-order valence-corrected chi connectivity index (χ1v) is 5.75. The normalized spacial score (nSPS) is 11.3. The monoisotopic (exact) mass is 247 g/mol. The highest BCUT2D eigenvalue weighted by atomic mass is 16.4. The number of aliphatic carboxylic acids is 1. The first-order chi connectivity index (χ1) is 8.41. The molecule has 18 heavy (non-hydrogen) atoms. The van der Waals surface area contributed by atoms with E-state index in [1.54, 1.807) is 32.2 Å². The molecule has 0 bridgehead atoms. The highest BCUT2D eigenvalue weighted by Gasteiger charge is 2.33. The van der Waals surface area contributed by atoms with Gasteiger partial charge in [0.05, 0.1) is 0 Å². The van der Waals surface area contributed by atoms with Gasteiger partial charge in [0.1, 0.15) is 17.3 Å². The molecule has 0 amide bonds. The molecule has 5 nitrogen and oxygen atoms in total. The topological polar surface area (TPSA) is 77.2 Å². The van der Waals surface area contributed by atoms with Gasteiger partial charge in [-0.2, -0.15) is 5.26 Å². The number of hydrogen-bond acceptors (Lipinski definition) is 4. The maximum atomic E-state index is 11.2. The summed E-state index contributed by atoms with van der Waals surface area (Å²) >= 11 is 0. The Morgan fingerprint density at radius 1 is 1.61 bits per heavy atom. The summed E-state index contributed by atoms with van der Waals surface area (Å²) in [6.45, 7) is 6.35. The van der Waals surface area contributed by atoms with E-state index >= 15 is 0 Å². The third-order valence-corrected chi connectivity index (χ3v) is 3.01. The fourth-order valence-electron chi connectivity index (χ4n) is 1.69. The lowest BCUT2D eigenvalue weighted by atomic mass is 10.0. The van der Waals surface area contributed by atoms with Crippen LogP contribution in [0.1, 0.15) is 32.0 Å². The summed E-state index contributed by atoms with van der Waals surface area (Å²) in [5, 5.41) is 18.0. The second-order valence-electron chi connectivity index (χ2n) is 4.54. The van der Waals surface area contributed by atoms with Crippen molar-refractivity contribution in [3.8, 4) is 6.07 Å². The van der Waals surface area contributed by atoms with Gasteiger partial charge in [-0.1, -0.05) is 6.92 Å². The number of rotatable bonds is 5. The zero-order chi connectivity index (χ0) is 13.8. The van der Waals surface area contributed by atoms with Gasteiger partial charge in [-0.05, 0) is 38.1 Å². The minimum atomic E-state index is -0.940. The molecule has 0 aliphatic carbocycles. The number of hydrogen-bond donors (Lipinski definition) is 1. The Bertz CT molecular complexity index is 477. The Hall–Kier alpha value is -1.93. The van der Waals surface area contributed by atoms with Crippen LogP contribution in [-0.4, -0.2) is 33.0 Å². The van der Waals surface area contributed by atoms with E-state index < -0.39 is 11.5 Å². The van der Waals surface area contributed by atoms with Gasteiger partial charge in [0.15, 0.2) is 0 Å². The molecule has 1 rings (SSSR count). The van der Waals surface area contributed by atoms with Gasteiger partial charge >= 0.3 is 5.97 Å². The summed E-state index contributed by atoms with van der Waals surface area (Å²) in [5.74, 6) is -0.862. The standard InChI is InChI=1S/C13H17N3O2/c1-4-16(13(2,3)12(17)18)9-10-5-6-15-11(7-10)8-14/h5-7H,4,9H2,1-3H3,(H,17,18). The lowest BCUT2D eigenvalue weighted by Crippen LogP contribution is -2.49. The highest BCUT2D eigenvalue weighted by molar-refractivity contribution is 5.77. The summed E-state index contributed by atoms with van der Waals surface area (Å²) < 4.78 is 0. The average Bonchev–Trinajstić information content (AvgIpc) is 2.35. The molecule has 0 radical (unpaired) electrons. The molecule has 0 aromatic carbocycles. The fourth-order valence-corrected chi connectivity index (χ4v) is 1.69. The fraction of sp³-hybridized carbons (Fsp3) is 0.462. The van der Waals surface area contributed by atoms with Crippen LogP contribution in [0.25, 0.3) is 0 Å². The number of carboxylic acids is 1. The molecule has 0 saturated heterocycles. The largest absolute Gasteiger partial charge is 0.480 e. The smallest absolute Gasteiger partial charge is 0.323 e. The molecule has 5 heteroatoms. The number of carbonyl (C=O) groups is 1. The first-order valence-electron chi connectivity index (χ1n) is 5.75. The van der Waals surface area contributed by atoms with E-state index in [0.29, 0.717) is 18.8 Å². The van der Waals surface area contributed by atoms with Crippen LogP contribution in [0, 0.1) is 11.3 Å². The minimum absolute atomic E-state index is 0.344. The van der Waals surface area contributed by atoms with Crippen molar-refractivity contribution in [2.75, 3.05) is 6.54 Å². The molecule has 1 N–H and O–H groups in total. The van der Waals surface area contributed by atoms with Gasteiger partial charge in [-0.3, -0.25) is 9.69 Å². The summed E-state index contributed by atoms with van der Waals surface area (Å²) in [4.78, 5) is 17.0. The number of carboxylic acid groups (broad SMARTS) is 1. The lowest BCUT2D eigenvalue weighted by Gasteiger charge is -2.34. The van der Waals surface area contributed by atoms with Crippen LogP contribution >= 0.6 is 0 Å². The average molecular weight is 247 g/mol. The van der Waals surface area contributed by atoms with Crippen molar-refractivity contribution < 1.29 is 9.90 Å². The van der Waals surface area contributed by atoms with Crippen LogP contribution < -0.4 is 0 Å². The van der Waals surface area contributed by atoms with Gasteiger partial charge in [0.25, 0.3) is 0 Å². The van der Waals surface area contributed by atoms with E-state index in [-0.39, 0.29) is 0 Å². The second kappa shape index (κ2) is 5.61. The molecular formula is C13H17N3O2. The molecule has 0 atom stereocenters. The number of nitrogens with zero attached hydrogens (tertiary/aromatic N) is 3. The number of pyridine rings is 1. The quantitative estimate of drug-likeness (QED) is 0.855. The molecule has 0 spiro atoms. The van der Waals surface area contributed by atoms with E-state index in [4.69, 9.17) is 5.26 Å². The van der Waals surface area contributed by atoms with Crippen molar-refractivity contribution in [1.82, 2.24) is 9.88 Å². The Balaban J connectivity index is 2.93. The van der Waals surface area contributed by atoms with Crippen molar-refractivity contribution in [2.24, 2.45) is 0 Å².